The van der Waals surface area contributed by atoms with Crippen molar-refractivity contribution >= 4 is 0 Å². The Labute approximate surface area is 108 Å². The zero-order chi connectivity index (χ0) is 12.3. The van der Waals surface area contributed by atoms with Crippen LogP contribution in [0, 0.1) is 0 Å². The standard InChI is InChI=1S/C15H32N2/c1-3-4-5-6-7-8-9-12-17-13-10-11-16-15(2)14-17/h15-16H,3-14H2,1-2H3. The lowest BCUT2D eigenvalue weighted by Gasteiger charge is -2.22. The maximum absolute atomic E-state index is 3.56. The fourth-order valence-corrected chi connectivity index (χ4v) is 2.69. The van der Waals surface area contributed by atoms with Gasteiger partial charge in [-0.15, -0.1) is 0 Å². The monoisotopic (exact) mass is 240 g/mol. The Bertz CT molecular complexity index is 170. The highest BCUT2D eigenvalue weighted by molar-refractivity contribution is 4.72. The lowest BCUT2D eigenvalue weighted by Crippen LogP contribution is -2.35. The summed E-state index contributed by atoms with van der Waals surface area (Å²) in [5.41, 5.74) is 0. The van der Waals surface area contributed by atoms with Crippen LogP contribution in [-0.2, 0) is 0 Å². The van der Waals surface area contributed by atoms with Gasteiger partial charge in [0.15, 0.2) is 0 Å². The van der Waals surface area contributed by atoms with Gasteiger partial charge in [-0.3, -0.25) is 0 Å². The molecule has 0 bridgehead atoms. The molecule has 0 amide bonds. The molecule has 0 aliphatic carbocycles. The van der Waals surface area contributed by atoms with E-state index in [1.165, 1.54) is 77.5 Å². The van der Waals surface area contributed by atoms with Crippen molar-refractivity contribution in [2.24, 2.45) is 0 Å². The molecule has 0 aromatic heterocycles. The van der Waals surface area contributed by atoms with Crippen LogP contribution in [0.15, 0.2) is 0 Å². The van der Waals surface area contributed by atoms with Crippen LogP contribution < -0.4 is 5.32 Å². The predicted octanol–water partition coefficient (Wildman–Crippen LogP) is 3.42. The van der Waals surface area contributed by atoms with Crippen LogP contribution in [0.5, 0.6) is 0 Å². The molecule has 0 radical (unpaired) electrons. The Balaban J connectivity index is 1.94. The van der Waals surface area contributed by atoms with Crippen LogP contribution >= 0.6 is 0 Å². The molecule has 1 rings (SSSR count). The molecule has 2 nitrogen and oxygen atoms in total. The van der Waals surface area contributed by atoms with Crippen molar-refractivity contribution < 1.29 is 0 Å². The second kappa shape index (κ2) is 9.90. The van der Waals surface area contributed by atoms with Gasteiger partial charge in [0.05, 0.1) is 0 Å². The van der Waals surface area contributed by atoms with Crippen LogP contribution in [0.3, 0.4) is 0 Å². The smallest absolute Gasteiger partial charge is 0.0166 e. The van der Waals surface area contributed by atoms with Gasteiger partial charge in [0.1, 0.15) is 0 Å². The topological polar surface area (TPSA) is 15.3 Å². The van der Waals surface area contributed by atoms with E-state index in [-0.39, 0.29) is 0 Å². The van der Waals surface area contributed by atoms with Crippen LogP contribution in [0.4, 0.5) is 0 Å². The zero-order valence-electron chi connectivity index (χ0n) is 12.0. The van der Waals surface area contributed by atoms with Crippen molar-refractivity contribution in [2.75, 3.05) is 26.2 Å². The lowest BCUT2D eigenvalue weighted by atomic mass is 10.1. The first-order chi connectivity index (χ1) is 8.33. The van der Waals surface area contributed by atoms with Gasteiger partial charge in [0, 0.05) is 12.6 Å². The Hall–Kier alpha value is -0.0800. The van der Waals surface area contributed by atoms with Crippen molar-refractivity contribution in [3.63, 3.8) is 0 Å². The first-order valence-electron chi connectivity index (χ1n) is 7.78. The predicted molar refractivity (Wildman–Crippen MR) is 76.5 cm³/mol. The molecule has 2 heteroatoms. The minimum absolute atomic E-state index is 0.682. The summed E-state index contributed by atoms with van der Waals surface area (Å²) in [5.74, 6) is 0. The lowest BCUT2D eigenvalue weighted by molar-refractivity contribution is 0.266. The highest BCUT2D eigenvalue weighted by atomic mass is 15.2. The van der Waals surface area contributed by atoms with Crippen LogP contribution in [-0.4, -0.2) is 37.1 Å². The largest absolute Gasteiger partial charge is 0.313 e. The average Bonchev–Trinajstić information content (AvgIpc) is 2.52. The maximum Gasteiger partial charge on any atom is 0.0166 e. The molecule has 102 valence electrons. The normalized spacial score (nSPS) is 22.6. The summed E-state index contributed by atoms with van der Waals surface area (Å²) in [5, 5.41) is 3.56. The van der Waals surface area contributed by atoms with E-state index in [9.17, 15) is 0 Å². The molecule has 1 heterocycles. The highest BCUT2D eigenvalue weighted by Gasteiger charge is 2.12. The van der Waals surface area contributed by atoms with Gasteiger partial charge in [-0.1, -0.05) is 45.4 Å². The summed E-state index contributed by atoms with van der Waals surface area (Å²) < 4.78 is 0. The molecule has 0 aromatic carbocycles. The number of nitrogens with one attached hydrogen (secondary N) is 1. The van der Waals surface area contributed by atoms with Gasteiger partial charge < -0.3 is 10.2 Å². The fraction of sp³-hybridized carbons (Fsp3) is 1.00. The summed E-state index contributed by atoms with van der Waals surface area (Å²) >= 11 is 0. The SMILES string of the molecule is CCCCCCCCCN1CCCNC(C)C1. The second-order valence-corrected chi connectivity index (χ2v) is 5.63. The Morgan fingerprint density at radius 2 is 1.76 bits per heavy atom. The van der Waals surface area contributed by atoms with E-state index in [2.05, 4.69) is 24.1 Å². The molecule has 1 aliphatic heterocycles. The third-order valence-corrected chi connectivity index (χ3v) is 3.75. The maximum atomic E-state index is 3.56. The zero-order valence-corrected chi connectivity index (χ0v) is 12.0. The van der Waals surface area contributed by atoms with Crippen molar-refractivity contribution in [3.8, 4) is 0 Å². The Morgan fingerprint density at radius 1 is 1.06 bits per heavy atom. The van der Waals surface area contributed by atoms with Gasteiger partial charge in [0.2, 0.25) is 0 Å². The average molecular weight is 240 g/mol. The first kappa shape index (κ1) is 15.0. The van der Waals surface area contributed by atoms with E-state index in [1.54, 1.807) is 0 Å². The van der Waals surface area contributed by atoms with Crippen molar-refractivity contribution in [1.82, 2.24) is 10.2 Å². The third kappa shape index (κ3) is 7.77. The number of unbranched alkanes of at least 4 members (excludes halogenated alkanes) is 6. The minimum atomic E-state index is 0.682. The molecule has 0 aromatic rings. The molecule has 0 saturated carbocycles. The van der Waals surface area contributed by atoms with E-state index >= 15 is 0 Å². The molecule has 1 saturated heterocycles. The number of nitrogens with zero attached hydrogens (tertiary/aromatic N) is 1. The van der Waals surface area contributed by atoms with Crippen molar-refractivity contribution in [3.05, 3.63) is 0 Å². The molecular weight excluding hydrogens is 208 g/mol. The van der Waals surface area contributed by atoms with Crippen molar-refractivity contribution in [2.45, 2.75) is 71.3 Å². The van der Waals surface area contributed by atoms with E-state index in [4.69, 9.17) is 0 Å². The quantitative estimate of drug-likeness (QED) is 0.654. The van der Waals surface area contributed by atoms with Gasteiger partial charge in [-0.2, -0.15) is 0 Å². The Kier molecular flexibility index (Phi) is 8.72. The second-order valence-electron chi connectivity index (χ2n) is 5.63. The molecule has 17 heavy (non-hydrogen) atoms. The van der Waals surface area contributed by atoms with E-state index < -0.39 is 0 Å². The van der Waals surface area contributed by atoms with E-state index in [0.717, 1.165) is 0 Å². The van der Waals surface area contributed by atoms with Gasteiger partial charge in [-0.05, 0) is 39.4 Å². The molecule has 1 unspecified atom stereocenters. The molecular formula is C15H32N2. The summed E-state index contributed by atoms with van der Waals surface area (Å²) in [4.78, 5) is 2.65. The van der Waals surface area contributed by atoms with Gasteiger partial charge in [-0.25, -0.2) is 0 Å². The summed E-state index contributed by atoms with van der Waals surface area (Å²) in [7, 11) is 0. The van der Waals surface area contributed by atoms with E-state index in [0.29, 0.717) is 6.04 Å². The summed E-state index contributed by atoms with van der Waals surface area (Å²) in [6, 6.07) is 0.682. The number of hydrogen-bond donors (Lipinski definition) is 1. The molecule has 0 spiro atoms. The molecule has 1 aliphatic rings. The summed E-state index contributed by atoms with van der Waals surface area (Å²) in [6.45, 7) is 9.66. The summed E-state index contributed by atoms with van der Waals surface area (Å²) in [6.07, 6.45) is 11.3. The molecule has 1 fully saturated rings. The van der Waals surface area contributed by atoms with E-state index in [1.807, 2.05) is 0 Å². The number of rotatable bonds is 8. The molecule has 1 N–H and O–H groups in total. The van der Waals surface area contributed by atoms with Crippen molar-refractivity contribution in [1.29, 1.82) is 0 Å². The fourth-order valence-electron chi connectivity index (χ4n) is 2.69. The third-order valence-electron chi connectivity index (χ3n) is 3.75. The van der Waals surface area contributed by atoms with Crippen LogP contribution in [0.1, 0.15) is 65.2 Å². The Morgan fingerprint density at radius 3 is 2.53 bits per heavy atom. The number of hydrogen-bond acceptors (Lipinski definition) is 2. The van der Waals surface area contributed by atoms with Gasteiger partial charge in [0.25, 0.3) is 0 Å². The van der Waals surface area contributed by atoms with Crippen LogP contribution in [0.2, 0.25) is 0 Å². The van der Waals surface area contributed by atoms with Crippen LogP contribution in [0.25, 0.3) is 0 Å². The minimum Gasteiger partial charge on any atom is -0.313 e. The molecule has 1 atom stereocenters. The van der Waals surface area contributed by atoms with Gasteiger partial charge >= 0.3 is 0 Å². The highest BCUT2D eigenvalue weighted by Crippen LogP contribution is 2.08. The first-order valence-corrected chi connectivity index (χ1v) is 7.78.